The number of methoxy groups -OCH3 is 1. The van der Waals surface area contributed by atoms with E-state index in [1.54, 1.807) is 0 Å². The topological polar surface area (TPSA) is 90.7 Å². The minimum absolute atomic E-state index is 0.150. The maximum absolute atomic E-state index is 12.6. The summed E-state index contributed by atoms with van der Waals surface area (Å²) in [6.07, 6.45) is 1.37. The minimum atomic E-state index is -0.934. The lowest BCUT2D eigenvalue weighted by atomic mass is 9.79. The van der Waals surface area contributed by atoms with Crippen LogP contribution in [0.25, 0.3) is 0 Å². The summed E-state index contributed by atoms with van der Waals surface area (Å²) in [5, 5.41) is 2.75. The molecule has 1 saturated heterocycles. The van der Waals surface area contributed by atoms with Gasteiger partial charge < -0.3 is 20.5 Å². The Bertz CT molecular complexity index is 406. The van der Waals surface area contributed by atoms with Crippen molar-refractivity contribution in [2.45, 2.75) is 39.2 Å². The Balaban J connectivity index is 2.87. The molecule has 1 unspecified atom stereocenters. The van der Waals surface area contributed by atoms with Crippen molar-refractivity contribution in [3.8, 4) is 0 Å². The SMILES string of the molecule is COC(=O)C(CC(C)C)NC(=O)C1(C(N)=S)CCOCC1. The number of thiocarbonyl (C=S) groups is 1. The van der Waals surface area contributed by atoms with E-state index in [4.69, 9.17) is 27.4 Å². The fourth-order valence-corrected chi connectivity index (χ4v) is 2.73. The van der Waals surface area contributed by atoms with Crippen molar-refractivity contribution in [2.24, 2.45) is 17.1 Å². The number of nitrogens with one attached hydrogen (secondary N) is 1. The summed E-state index contributed by atoms with van der Waals surface area (Å²) in [7, 11) is 1.31. The Morgan fingerprint density at radius 1 is 1.38 bits per heavy atom. The number of hydrogen-bond acceptors (Lipinski definition) is 5. The first-order valence-electron chi connectivity index (χ1n) is 7.10. The highest BCUT2D eigenvalue weighted by Gasteiger charge is 2.44. The molecule has 0 spiro atoms. The van der Waals surface area contributed by atoms with Gasteiger partial charge in [0.25, 0.3) is 0 Å². The second-order valence-electron chi connectivity index (χ2n) is 5.74. The van der Waals surface area contributed by atoms with Crippen molar-refractivity contribution in [1.29, 1.82) is 0 Å². The highest BCUT2D eigenvalue weighted by atomic mass is 32.1. The molecule has 21 heavy (non-hydrogen) atoms. The predicted octanol–water partition coefficient (Wildman–Crippen LogP) is 0.773. The summed E-state index contributed by atoms with van der Waals surface area (Å²) < 4.78 is 10.0. The molecule has 0 aliphatic carbocycles. The van der Waals surface area contributed by atoms with Gasteiger partial charge in [-0.2, -0.15) is 0 Å². The number of carbonyl (C=O) groups excluding carboxylic acids is 2. The summed E-state index contributed by atoms with van der Waals surface area (Å²) >= 11 is 5.08. The number of nitrogens with two attached hydrogens (primary N) is 1. The molecule has 1 aliphatic heterocycles. The third-order valence-electron chi connectivity index (χ3n) is 3.75. The van der Waals surface area contributed by atoms with Gasteiger partial charge >= 0.3 is 5.97 Å². The maximum Gasteiger partial charge on any atom is 0.328 e. The molecule has 0 aromatic carbocycles. The van der Waals surface area contributed by atoms with Crippen LogP contribution < -0.4 is 11.1 Å². The van der Waals surface area contributed by atoms with Crippen molar-refractivity contribution in [3.63, 3.8) is 0 Å². The maximum atomic E-state index is 12.6. The van der Waals surface area contributed by atoms with Crippen molar-refractivity contribution in [1.82, 2.24) is 5.32 Å². The van der Waals surface area contributed by atoms with Crippen LogP contribution >= 0.6 is 12.2 Å². The molecule has 1 rings (SSSR count). The Morgan fingerprint density at radius 3 is 2.38 bits per heavy atom. The molecule has 120 valence electrons. The second-order valence-corrected chi connectivity index (χ2v) is 6.18. The number of amides is 1. The third-order valence-corrected chi connectivity index (χ3v) is 4.14. The second kappa shape index (κ2) is 7.70. The molecule has 1 atom stereocenters. The average Bonchev–Trinajstić information content (AvgIpc) is 2.45. The molecule has 3 N–H and O–H groups in total. The highest BCUT2D eigenvalue weighted by Crippen LogP contribution is 2.31. The monoisotopic (exact) mass is 316 g/mol. The number of ether oxygens (including phenoxy) is 2. The van der Waals surface area contributed by atoms with E-state index in [0.717, 1.165) is 0 Å². The first-order valence-corrected chi connectivity index (χ1v) is 7.50. The average molecular weight is 316 g/mol. The smallest absolute Gasteiger partial charge is 0.328 e. The van der Waals surface area contributed by atoms with Crippen LogP contribution in [0.5, 0.6) is 0 Å². The van der Waals surface area contributed by atoms with Crippen molar-refractivity contribution < 1.29 is 19.1 Å². The molecule has 6 nitrogen and oxygen atoms in total. The van der Waals surface area contributed by atoms with Gasteiger partial charge in [-0.3, -0.25) is 4.79 Å². The highest BCUT2D eigenvalue weighted by molar-refractivity contribution is 7.80. The van der Waals surface area contributed by atoms with Crippen LogP contribution in [0.3, 0.4) is 0 Å². The lowest BCUT2D eigenvalue weighted by Crippen LogP contribution is -2.55. The predicted molar refractivity (Wildman–Crippen MR) is 82.7 cm³/mol. The molecule has 7 heteroatoms. The van der Waals surface area contributed by atoms with Crippen molar-refractivity contribution in [3.05, 3.63) is 0 Å². The lowest BCUT2D eigenvalue weighted by molar-refractivity contribution is -0.147. The Hall–Kier alpha value is -1.21. The van der Waals surface area contributed by atoms with Crippen LogP contribution in [0, 0.1) is 11.3 Å². The summed E-state index contributed by atoms with van der Waals surface area (Å²) in [5.41, 5.74) is 4.85. The molecule has 0 bridgehead atoms. The van der Waals surface area contributed by atoms with E-state index >= 15 is 0 Å². The van der Waals surface area contributed by atoms with Crippen LogP contribution in [0.15, 0.2) is 0 Å². The van der Waals surface area contributed by atoms with E-state index < -0.39 is 17.4 Å². The van der Waals surface area contributed by atoms with Gasteiger partial charge in [0.1, 0.15) is 11.5 Å². The summed E-state index contributed by atoms with van der Waals surface area (Å²) in [5.74, 6) is -0.526. The number of rotatable bonds is 6. The first-order chi connectivity index (χ1) is 9.83. The van der Waals surface area contributed by atoms with Crippen LogP contribution in [-0.4, -0.2) is 43.2 Å². The van der Waals surface area contributed by atoms with Gasteiger partial charge in [0.2, 0.25) is 5.91 Å². The summed E-state index contributed by atoms with van der Waals surface area (Å²) in [6, 6.07) is -0.684. The zero-order valence-electron chi connectivity index (χ0n) is 12.8. The Kier molecular flexibility index (Phi) is 6.54. The van der Waals surface area contributed by atoms with Crippen molar-refractivity contribution >= 4 is 29.1 Å². The van der Waals surface area contributed by atoms with Gasteiger partial charge in [-0.1, -0.05) is 26.1 Å². The Morgan fingerprint density at radius 2 is 1.95 bits per heavy atom. The van der Waals surface area contributed by atoms with E-state index in [-0.39, 0.29) is 16.8 Å². The largest absolute Gasteiger partial charge is 0.467 e. The zero-order valence-corrected chi connectivity index (χ0v) is 13.6. The number of hydrogen-bond donors (Lipinski definition) is 2. The minimum Gasteiger partial charge on any atom is -0.467 e. The van der Waals surface area contributed by atoms with Gasteiger partial charge in [-0.25, -0.2) is 4.79 Å². The molecule has 1 amide bonds. The third kappa shape index (κ3) is 4.38. The fourth-order valence-electron chi connectivity index (χ4n) is 2.43. The summed E-state index contributed by atoms with van der Waals surface area (Å²) in [4.78, 5) is 24.6. The van der Waals surface area contributed by atoms with Gasteiger partial charge in [0.05, 0.1) is 12.1 Å². The molecule has 1 fully saturated rings. The standard InChI is InChI=1S/C14H24N2O4S/c1-9(2)8-10(11(17)19-3)16-13(18)14(12(15)21)4-6-20-7-5-14/h9-10H,4-8H2,1-3H3,(H2,15,21)(H,16,18). The van der Waals surface area contributed by atoms with Gasteiger partial charge in [-0.15, -0.1) is 0 Å². The van der Waals surface area contributed by atoms with Crippen LogP contribution in [0.4, 0.5) is 0 Å². The first kappa shape index (κ1) is 17.8. The molecular formula is C14H24N2O4S. The lowest BCUT2D eigenvalue weighted by Gasteiger charge is -2.35. The zero-order chi connectivity index (χ0) is 16.0. The van der Waals surface area contributed by atoms with Crippen molar-refractivity contribution in [2.75, 3.05) is 20.3 Å². The van der Waals surface area contributed by atoms with Gasteiger partial charge in [0.15, 0.2) is 0 Å². The van der Waals surface area contributed by atoms with E-state index in [1.807, 2.05) is 13.8 Å². The molecule has 0 radical (unpaired) electrons. The number of esters is 1. The molecule has 0 saturated carbocycles. The van der Waals surface area contributed by atoms with Crippen LogP contribution in [0.1, 0.15) is 33.1 Å². The molecule has 1 heterocycles. The normalized spacial score (nSPS) is 18.9. The van der Waals surface area contributed by atoms with Crippen LogP contribution in [0.2, 0.25) is 0 Å². The van der Waals surface area contributed by atoms with E-state index in [0.29, 0.717) is 32.5 Å². The van der Waals surface area contributed by atoms with E-state index in [1.165, 1.54) is 7.11 Å². The molecular weight excluding hydrogens is 292 g/mol. The van der Waals surface area contributed by atoms with E-state index in [9.17, 15) is 9.59 Å². The molecule has 0 aromatic heterocycles. The van der Waals surface area contributed by atoms with Gasteiger partial charge in [0, 0.05) is 13.2 Å². The van der Waals surface area contributed by atoms with Gasteiger partial charge in [-0.05, 0) is 25.2 Å². The number of carbonyl (C=O) groups is 2. The van der Waals surface area contributed by atoms with Crippen LogP contribution in [-0.2, 0) is 19.1 Å². The Labute approximate surface area is 130 Å². The molecule has 1 aliphatic rings. The fraction of sp³-hybridized carbons (Fsp3) is 0.786. The quantitative estimate of drug-likeness (QED) is 0.556. The summed E-state index contributed by atoms with van der Waals surface area (Å²) in [6.45, 7) is 4.80. The molecule has 0 aromatic rings. The van der Waals surface area contributed by atoms with E-state index in [2.05, 4.69) is 5.32 Å².